The van der Waals surface area contributed by atoms with Crippen molar-refractivity contribution in [2.24, 2.45) is 10.9 Å². The lowest BCUT2D eigenvalue weighted by Gasteiger charge is -2.17. The van der Waals surface area contributed by atoms with Crippen LogP contribution in [0.3, 0.4) is 0 Å². The Labute approximate surface area is 201 Å². The summed E-state index contributed by atoms with van der Waals surface area (Å²) in [6, 6.07) is 13.6. The van der Waals surface area contributed by atoms with E-state index >= 15 is 0 Å². The van der Waals surface area contributed by atoms with E-state index in [-0.39, 0.29) is 18.3 Å². The first-order valence-corrected chi connectivity index (χ1v) is 11.6. The van der Waals surface area contributed by atoms with Gasteiger partial charge in [-0.2, -0.15) is 0 Å². The van der Waals surface area contributed by atoms with Crippen LogP contribution in [-0.2, 0) is 25.4 Å². The molecule has 0 saturated carbocycles. The number of nitrogens with zero attached hydrogens (tertiary/aromatic N) is 1. The van der Waals surface area contributed by atoms with E-state index in [1.54, 1.807) is 42.5 Å². The number of hydrogen-bond donors (Lipinski definition) is 3. The molecular weight excluding hydrogens is 460 g/mol. The highest BCUT2D eigenvalue weighted by Crippen LogP contribution is 2.29. The lowest BCUT2D eigenvalue weighted by atomic mass is 10.1. The molecule has 0 aromatic heterocycles. The van der Waals surface area contributed by atoms with Gasteiger partial charge in [-0.1, -0.05) is 32.0 Å². The minimum atomic E-state index is -1.50. The van der Waals surface area contributed by atoms with Crippen molar-refractivity contribution in [2.75, 3.05) is 24.9 Å². The van der Waals surface area contributed by atoms with Crippen molar-refractivity contribution in [3.8, 4) is 0 Å². The Balaban J connectivity index is 2.41. The van der Waals surface area contributed by atoms with Gasteiger partial charge in [-0.05, 0) is 36.6 Å². The van der Waals surface area contributed by atoms with Crippen molar-refractivity contribution in [1.29, 1.82) is 0 Å². The lowest BCUT2D eigenvalue weighted by Crippen LogP contribution is -2.36. The zero-order valence-corrected chi connectivity index (χ0v) is 20.2. The maximum absolute atomic E-state index is 13.0. The van der Waals surface area contributed by atoms with Crippen molar-refractivity contribution in [3.05, 3.63) is 48.5 Å². The predicted molar refractivity (Wildman–Crippen MR) is 129 cm³/mol. The smallest absolute Gasteiger partial charge is 0.436 e. The Bertz CT molecular complexity index is 1030. The average Bonchev–Trinajstić information content (AvgIpc) is 2.83. The molecule has 34 heavy (non-hydrogen) atoms. The highest BCUT2D eigenvalue weighted by Gasteiger charge is 2.19. The fraction of sp³-hybridized carbons (Fsp3) is 0.304. The summed E-state index contributed by atoms with van der Waals surface area (Å²) in [5.41, 5.74) is 0.588. The van der Waals surface area contributed by atoms with Crippen LogP contribution in [0.4, 0.5) is 21.0 Å². The first-order chi connectivity index (χ1) is 16.2. The van der Waals surface area contributed by atoms with E-state index in [0.29, 0.717) is 33.5 Å². The number of hydrogen-bond acceptors (Lipinski definition) is 6. The number of aliphatic imine (C=N–C) groups is 1. The molecule has 11 heteroatoms. The fourth-order valence-corrected chi connectivity index (χ4v) is 3.76. The van der Waals surface area contributed by atoms with Crippen LogP contribution in [0.25, 0.3) is 0 Å². The highest BCUT2D eigenvalue weighted by molar-refractivity contribution is 7.91. The predicted octanol–water partition coefficient (Wildman–Crippen LogP) is 4.12. The third kappa shape index (κ3) is 8.41. The summed E-state index contributed by atoms with van der Waals surface area (Å²) in [5, 5.41) is 7.85. The van der Waals surface area contributed by atoms with Crippen LogP contribution in [0.15, 0.2) is 63.3 Å². The summed E-state index contributed by atoms with van der Waals surface area (Å²) in [5.74, 6) is -0.191. The number of ether oxygens (including phenoxy) is 2. The summed E-state index contributed by atoms with van der Waals surface area (Å²) < 4.78 is 22.1. The zero-order chi connectivity index (χ0) is 25.1. The monoisotopic (exact) mass is 488 g/mol. The molecule has 0 bridgehead atoms. The van der Waals surface area contributed by atoms with E-state index < -0.39 is 23.4 Å². The molecule has 0 heterocycles. The number of rotatable bonds is 7. The van der Waals surface area contributed by atoms with E-state index in [9.17, 15) is 18.9 Å². The molecule has 0 aliphatic rings. The second-order valence-electron chi connectivity index (χ2n) is 7.44. The molecule has 0 radical (unpaired) electrons. The van der Waals surface area contributed by atoms with Crippen molar-refractivity contribution >= 4 is 46.6 Å². The second-order valence-corrected chi connectivity index (χ2v) is 8.92. The van der Waals surface area contributed by atoms with Crippen LogP contribution in [0.5, 0.6) is 0 Å². The van der Waals surface area contributed by atoms with E-state index in [1.807, 2.05) is 19.9 Å². The Hall–Kier alpha value is -3.57. The number of amides is 3. The van der Waals surface area contributed by atoms with Gasteiger partial charge in [0.15, 0.2) is 9.79 Å². The van der Waals surface area contributed by atoms with Gasteiger partial charge < -0.3 is 24.7 Å². The van der Waals surface area contributed by atoms with Crippen LogP contribution in [0, 0.1) is 5.92 Å². The molecule has 3 N–H and O–H groups in total. The SMILES string of the molecule is COC(=O)N=C(NC(=O)OC)Nc1ccc([S+]([O-])c2ccccc2)cc1NC(=O)CCC(C)C. The Morgan fingerprint density at radius 3 is 2.29 bits per heavy atom. The molecular formula is C23H28N4O6S. The molecule has 0 aliphatic carbocycles. The van der Waals surface area contributed by atoms with Gasteiger partial charge in [0.25, 0.3) is 0 Å². The molecule has 0 aliphatic heterocycles. The number of anilines is 2. The maximum Gasteiger partial charge on any atom is 0.436 e. The normalized spacial score (nSPS) is 12.0. The van der Waals surface area contributed by atoms with Crippen LogP contribution >= 0.6 is 0 Å². The Kier molecular flexibility index (Phi) is 10.4. The quantitative estimate of drug-likeness (QED) is 0.302. The molecule has 2 aromatic rings. The van der Waals surface area contributed by atoms with Crippen LogP contribution < -0.4 is 16.0 Å². The van der Waals surface area contributed by atoms with Crippen molar-refractivity contribution in [1.82, 2.24) is 5.32 Å². The molecule has 2 aromatic carbocycles. The van der Waals surface area contributed by atoms with Gasteiger partial charge in [0, 0.05) is 23.7 Å². The number of nitrogens with one attached hydrogen (secondary N) is 3. The molecule has 182 valence electrons. The molecule has 0 spiro atoms. The average molecular weight is 489 g/mol. The molecule has 1 unspecified atom stereocenters. The largest absolute Gasteiger partial charge is 0.606 e. The van der Waals surface area contributed by atoms with Gasteiger partial charge in [-0.3, -0.25) is 10.1 Å². The Morgan fingerprint density at radius 1 is 0.971 bits per heavy atom. The number of benzene rings is 2. The van der Waals surface area contributed by atoms with E-state index in [1.165, 1.54) is 0 Å². The molecule has 0 saturated heterocycles. The molecule has 0 fully saturated rings. The van der Waals surface area contributed by atoms with Gasteiger partial charge in [-0.25, -0.2) is 9.59 Å². The van der Waals surface area contributed by atoms with Crippen LogP contribution in [0.2, 0.25) is 0 Å². The standard InChI is InChI=1S/C23H28N4O6S/c1-15(2)10-13-20(28)24-19-14-17(34(31)16-8-6-5-7-9-16)11-12-18(19)25-21(26-22(29)32-3)27-23(30)33-4/h5-9,11-12,14-15H,10,13H2,1-4H3,(H,24,28)(H2,25,26,27,29,30). The molecule has 3 amide bonds. The Morgan fingerprint density at radius 2 is 1.68 bits per heavy atom. The summed E-state index contributed by atoms with van der Waals surface area (Å²) >= 11 is -1.50. The molecule has 2 rings (SSSR count). The lowest BCUT2D eigenvalue weighted by molar-refractivity contribution is -0.116. The number of carbonyl (C=O) groups is 3. The highest BCUT2D eigenvalue weighted by atomic mass is 32.2. The minimum absolute atomic E-state index is 0.244. The number of methoxy groups -OCH3 is 2. The van der Waals surface area contributed by atoms with Crippen molar-refractivity contribution in [2.45, 2.75) is 36.5 Å². The molecule has 1 atom stereocenters. The van der Waals surface area contributed by atoms with Crippen molar-refractivity contribution in [3.63, 3.8) is 0 Å². The third-order valence-corrected chi connectivity index (χ3v) is 5.80. The summed E-state index contributed by atoms with van der Waals surface area (Å²) in [6.07, 6.45) is -0.877. The summed E-state index contributed by atoms with van der Waals surface area (Å²) in [7, 11) is 2.29. The molecule has 10 nitrogen and oxygen atoms in total. The fourth-order valence-electron chi connectivity index (χ4n) is 2.66. The number of alkyl carbamates (subject to hydrolysis) is 1. The van der Waals surface area contributed by atoms with Crippen molar-refractivity contribution < 1.29 is 28.4 Å². The number of guanidine groups is 1. The van der Waals surface area contributed by atoms with E-state index in [4.69, 9.17) is 0 Å². The number of carbonyl (C=O) groups excluding carboxylic acids is 3. The third-order valence-electron chi connectivity index (χ3n) is 4.42. The second kappa shape index (κ2) is 13.2. The summed E-state index contributed by atoms with van der Waals surface area (Å²) in [6.45, 7) is 4.02. The van der Waals surface area contributed by atoms with Gasteiger partial charge in [0.2, 0.25) is 11.9 Å². The van der Waals surface area contributed by atoms with Crippen LogP contribution in [0.1, 0.15) is 26.7 Å². The first-order valence-electron chi connectivity index (χ1n) is 10.4. The van der Waals surface area contributed by atoms with Crippen LogP contribution in [-0.4, -0.2) is 42.8 Å². The zero-order valence-electron chi connectivity index (χ0n) is 19.4. The van der Waals surface area contributed by atoms with Gasteiger partial charge in [0.1, 0.15) is 0 Å². The van der Waals surface area contributed by atoms with Gasteiger partial charge in [-0.15, -0.1) is 4.99 Å². The topological polar surface area (TPSA) is 141 Å². The first kappa shape index (κ1) is 26.7. The van der Waals surface area contributed by atoms with Gasteiger partial charge >= 0.3 is 12.2 Å². The maximum atomic E-state index is 13.0. The van der Waals surface area contributed by atoms with E-state index in [0.717, 1.165) is 14.2 Å². The minimum Gasteiger partial charge on any atom is -0.606 e. The summed E-state index contributed by atoms with van der Waals surface area (Å²) in [4.78, 5) is 40.5. The van der Waals surface area contributed by atoms with E-state index in [2.05, 4.69) is 30.4 Å². The van der Waals surface area contributed by atoms with Gasteiger partial charge in [0.05, 0.1) is 25.6 Å².